The van der Waals surface area contributed by atoms with E-state index < -0.39 is 0 Å². The van der Waals surface area contributed by atoms with Gasteiger partial charge in [0.15, 0.2) is 0 Å². The maximum absolute atomic E-state index is 6.59. The molecule has 0 unspecified atom stereocenters. The molecule has 0 aliphatic heterocycles. The molecule has 0 saturated heterocycles. The first kappa shape index (κ1) is 26.3. The second kappa shape index (κ2) is 10.8. The Morgan fingerprint density at radius 3 is 1.72 bits per heavy atom. The Kier molecular flexibility index (Phi) is 6.17. The molecule has 46 heavy (non-hydrogen) atoms. The van der Waals surface area contributed by atoms with E-state index in [4.69, 9.17) is 4.42 Å². The number of furan rings is 1. The molecule has 0 radical (unpaired) electrons. The van der Waals surface area contributed by atoms with Gasteiger partial charge in [0.1, 0.15) is 11.2 Å². The van der Waals surface area contributed by atoms with Gasteiger partial charge in [-0.2, -0.15) is 0 Å². The van der Waals surface area contributed by atoms with Crippen molar-refractivity contribution in [1.29, 1.82) is 0 Å². The lowest BCUT2D eigenvalue weighted by Crippen LogP contribution is -2.10. The van der Waals surface area contributed by atoms with E-state index in [1.807, 2.05) is 0 Å². The Bertz CT molecular complexity index is 2510. The van der Waals surface area contributed by atoms with Gasteiger partial charge < -0.3 is 9.32 Å². The van der Waals surface area contributed by atoms with Gasteiger partial charge in [-0.25, -0.2) is 0 Å². The molecule has 2 heteroatoms. The highest BCUT2D eigenvalue weighted by Gasteiger charge is 2.20. The van der Waals surface area contributed by atoms with Crippen LogP contribution in [0.1, 0.15) is 0 Å². The zero-order valence-electron chi connectivity index (χ0n) is 25.1. The topological polar surface area (TPSA) is 16.4 Å². The molecular formula is C44H29NO. The molecule has 216 valence electrons. The van der Waals surface area contributed by atoms with Crippen LogP contribution in [0.3, 0.4) is 0 Å². The van der Waals surface area contributed by atoms with Gasteiger partial charge in [-0.3, -0.25) is 0 Å². The summed E-state index contributed by atoms with van der Waals surface area (Å²) in [6, 6.07) is 62.7. The Labute approximate surface area is 267 Å². The van der Waals surface area contributed by atoms with Crippen molar-refractivity contribution in [3.63, 3.8) is 0 Å². The van der Waals surface area contributed by atoms with Gasteiger partial charge in [0.25, 0.3) is 0 Å². The van der Waals surface area contributed by atoms with Crippen molar-refractivity contribution in [2.24, 2.45) is 0 Å². The zero-order valence-corrected chi connectivity index (χ0v) is 25.1. The minimum atomic E-state index is 0.879. The number of hydrogen-bond acceptors (Lipinski definition) is 2. The minimum absolute atomic E-state index is 0.879. The third-order valence-corrected chi connectivity index (χ3v) is 9.05. The maximum atomic E-state index is 6.59. The first-order chi connectivity index (χ1) is 22.8. The van der Waals surface area contributed by atoms with Gasteiger partial charge in [-0.15, -0.1) is 0 Å². The first-order valence-electron chi connectivity index (χ1n) is 15.7. The van der Waals surface area contributed by atoms with Crippen LogP contribution in [0.15, 0.2) is 180 Å². The summed E-state index contributed by atoms with van der Waals surface area (Å²) in [7, 11) is 0. The van der Waals surface area contributed by atoms with Crippen molar-refractivity contribution in [1.82, 2.24) is 0 Å². The van der Waals surface area contributed by atoms with Crippen molar-refractivity contribution in [3.8, 4) is 22.3 Å². The van der Waals surface area contributed by atoms with Gasteiger partial charge >= 0.3 is 0 Å². The molecule has 0 N–H and O–H groups in total. The van der Waals surface area contributed by atoms with Crippen LogP contribution >= 0.6 is 0 Å². The SMILES string of the molecule is c1ccc(-c2ccc(-c3ccc(N(c4ccc5ccccc5c4)c4cccc5oc6c7ccccc7ccc6c45)cc3)cc2)cc1. The molecule has 0 fully saturated rings. The molecule has 9 aromatic rings. The van der Waals surface area contributed by atoms with Crippen LogP contribution in [-0.2, 0) is 0 Å². The molecule has 2 nitrogen and oxygen atoms in total. The van der Waals surface area contributed by atoms with Crippen LogP contribution in [0.5, 0.6) is 0 Å². The van der Waals surface area contributed by atoms with E-state index in [0.29, 0.717) is 0 Å². The molecule has 0 spiro atoms. The zero-order chi connectivity index (χ0) is 30.5. The van der Waals surface area contributed by atoms with E-state index >= 15 is 0 Å². The summed E-state index contributed by atoms with van der Waals surface area (Å²) in [4.78, 5) is 2.36. The van der Waals surface area contributed by atoms with E-state index in [0.717, 1.165) is 44.4 Å². The second-order valence-electron chi connectivity index (χ2n) is 11.8. The third kappa shape index (κ3) is 4.43. The molecular weight excluding hydrogens is 558 g/mol. The Balaban J connectivity index is 1.20. The van der Waals surface area contributed by atoms with E-state index in [-0.39, 0.29) is 0 Å². The highest BCUT2D eigenvalue weighted by Crippen LogP contribution is 2.45. The van der Waals surface area contributed by atoms with Gasteiger partial charge in [0, 0.05) is 22.1 Å². The van der Waals surface area contributed by atoms with Crippen molar-refractivity contribution in [2.45, 2.75) is 0 Å². The maximum Gasteiger partial charge on any atom is 0.143 e. The van der Waals surface area contributed by atoms with Crippen LogP contribution in [-0.4, -0.2) is 0 Å². The number of fused-ring (bicyclic) bond motifs is 6. The fourth-order valence-corrected chi connectivity index (χ4v) is 6.75. The Morgan fingerprint density at radius 1 is 0.370 bits per heavy atom. The lowest BCUT2D eigenvalue weighted by Gasteiger charge is -2.27. The highest BCUT2D eigenvalue weighted by molar-refractivity contribution is 6.19. The fourth-order valence-electron chi connectivity index (χ4n) is 6.75. The predicted octanol–water partition coefficient (Wildman–Crippen LogP) is 12.7. The summed E-state index contributed by atoms with van der Waals surface area (Å²) in [6.45, 7) is 0. The summed E-state index contributed by atoms with van der Waals surface area (Å²) in [5.74, 6) is 0. The number of hydrogen-bond donors (Lipinski definition) is 0. The summed E-state index contributed by atoms with van der Waals surface area (Å²) in [5, 5.41) is 6.95. The van der Waals surface area contributed by atoms with Crippen molar-refractivity contribution in [2.75, 3.05) is 4.90 Å². The van der Waals surface area contributed by atoms with E-state index in [1.54, 1.807) is 0 Å². The monoisotopic (exact) mass is 587 g/mol. The lowest BCUT2D eigenvalue weighted by molar-refractivity contribution is 0.672. The van der Waals surface area contributed by atoms with Gasteiger partial charge in [-0.1, -0.05) is 133 Å². The number of rotatable bonds is 5. The molecule has 8 aromatic carbocycles. The molecule has 0 aliphatic rings. The molecule has 0 saturated carbocycles. The normalized spacial score (nSPS) is 11.5. The van der Waals surface area contributed by atoms with Crippen LogP contribution < -0.4 is 4.90 Å². The molecule has 0 atom stereocenters. The fraction of sp³-hybridized carbons (Fsp3) is 0. The average molecular weight is 588 g/mol. The van der Waals surface area contributed by atoms with E-state index in [1.165, 1.54) is 38.4 Å². The smallest absolute Gasteiger partial charge is 0.143 e. The van der Waals surface area contributed by atoms with Crippen molar-refractivity contribution < 1.29 is 4.42 Å². The molecule has 0 amide bonds. The Morgan fingerprint density at radius 2 is 0.957 bits per heavy atom. The van der Waals surface area contributed by atoms with Gasteiger partial charge in [0.2, 0.25) is 0 Å². The quantitative estimate of drug-likeness (QED) is 0.199. The number of nitrogens with zero attached hydrogens (tertiary/aromatic N) is 1. The van der Waals surface area contributed by atoms with Crippen LogP contribution in [0.2, 0.25) is 0 Å². The summed E-state index contributed by atoms with van der Waals surface area (Å²) >= 11 is 0. The van der Waals surface area contributed by atoms with Crippen LogP contribution in [0, 0.1) is 0 Å². The lowest BCUT2D eigenvalue weighted by atomic mass is 10.00. The second-order valence-corrected chi connectivity index (χ2v) is 11.8. The number of benzene rings is 8. The minimum Gasteiger partial charge on any atom is -0.455 e. The standard InChI is InChI=1S/C44H29NO/c1-2-9-30(10-3-1)32-17-19-33(20-18-32)34-21-25-37(26-22-34)45(38-27-23-31-11-4-5-13-36(31)29-38)41-15-8-16-42-43(41)40-28-24-35-12-6-7-14-39(35)44(40)46-42/h1-29H. The average Bonchev–Trinajstić information content (AvgIpc) is 3.53. The summed E-state index contributed by atoms with van der Waals surface area (Å²) in [6.07, 6.45) is 0. The van der Waals surface area contributed by atoms with Crippen molar-refractivity contribution >= 4 is 60.5 Å². The molecule has 0 aliphatic carbocycles. The van der Waals surface area contributed by atoms with Gasteiger partial charge in [0.05, 0.1) is 11.1 Å². The van der Waals surface area contributed by atoms with Crippen LogP contribution in [0.4, 0.5) is 17.1 Å². The summed E-state index contributed by atoms with van der Waals surface area (Å²) < 4.78 is 6.59. The largest absolute Gasteiger partial charge is 0.455 e. The summed E-state index contributed by atoms with van der Waals surface area (Å²) in [5.41, 5.74) is 9.89. The van der Waals surface area contributed by atoms with Gasteiger partial charge in [-0.05, 0) is 80.9 Å². The van der Waals surface area contributed by atoms with Crippen LogP contribution in [0.25, 0.3) is 65.7 Å². The first-order valence-corrected chi connectivity index (χ1v) is 15.7. The van der Waals surface area contributed by atoms with Crippen molar-refractivity contribution in [3.05, 3.63) is 176 Å². The number of anilines is 3. The molecule has 1 aromatic heterocycles. The molecule has 9 rings (SSSR count). The highest BCUT2D eigenvalue weighted by atomic mass is 16.3. The van der Waals surface area contributed by atoms with E-state index in [9.17, 15) is 0 Å². The predicted molar refractivity (Wildman–Crippen MR) is 194 cm³/mol. The molecule has 1 heterocycles. The van der Waals surface area contributed by atoms with E-state index in [2.05, 4.69) is 181 Å². The Hall–Kier alpha value is -6.12. The third-order valence-electron chi connectivity index (χ3n) is 9.05. The molecule has 0 bridgehead atoms.